The molecule has 2 N–H and O–H groups in total. The van der Waals surface area contributed by atoms with Crippen molar-refractivity contribution >= 4 is 22.5 Å². The van der Waals surface area contributed by atoms with Crippen molar-refractivity contribution in [3.8, 4) is 11.5 Å². The zero-order valence-corrected chi connectivity index (χ0v) is 11.5. The van der Waals surface area contributed by atoms with E-state index >= 15 is 0 Å². The van der Waals surface area contributed by atoms with Crippen molar-refractivity contribution in [2.75, 3.05) is 0 Å². The molecule has 2 aromatic carbocycles. The molecule has 0 aliphatic rings. The van der Waals surface area contributed by atoms with Gasteiger partial charge in [0.25, 0.3) is 0 Å². The van der Waals surface area contributed by atoms with Crippen LogP contribution in [0.2, 0.25) is 5.02 Å². The molecule has 0 spiro atoms. The minimum Gasteiger partial charge on any atom is -0.456 e. The SMILES string of the molecule is NCc1ccc(Oc2ccc3cccnc3c2)c(Cl)c1. The van der Waals surface area contributed by atoms with Crippen LogP contribution in [0.1, 0.15) is 5.56 Å². The maximum atomic E-state index is 6.18. The molecule has 3 rings (SSSR count). The molecule has 20 heavy (non-hydrogen) atoms. The van der Waals surface area contributed by atoms with Gasteiger partial charge in [0.15, 0.2) is 0 Å². The molecule has 0 aliphatic heterocycles. The van der Waals surface area contributed by atoms with Gasteiger partial charge in [-0.15, -0.1) is 0 Å². The summed E-state index contributed by atoms with van der Waals surface area (Å²) in [5.74, 6) is 1.32. The Kier molecular flexibility index (Phi) is 3.54. The Hall–Kier alpha value is -2.10. The number of nitrogens with two attached hydrogens (primary N) is 1. The van der Waals surface area contributed by atoms with Gasteiger partial charge in [-0.3, -0.25) is 4.98 Å². The van der Waals surface area contributed by atoms with Crippen molar-refractivity contribution in [2.24, 2.45) is 5.73 Å². The Bertz CT molecular complexity index is 758. The summed E-state index contributed by atoms with van der Waals surface area (Å²) in [6, 6.07) is 15.2. The number of fused-ring (bicyclic) bond motifs is 1. The third-order valence-electron chi connectivity index (χ3n) is 3.04. The molecule has 0 aliphatic carbocycles. The van der Waals surface area contributed by atoms with Gasteiger partial charge in [0.1, 0.15) is 11.5 Å². The van der Waals surface area contributed by atoms with Crippen LogP contribution in [0.3, 0.4) is 0 Å². The smallest absolute Gasteiger partial charge is 0.146 e. The fraction of sp³-hybridized carbons (Fsp3) is 0.0625. The Labute approximate surface area is 122 Å². The summed E-state index contributed by atoms with van der Waals surface area (Å²) in [5.41, 5.74) is 7.44. The third kappa shape index (κ3) is 2.59. The summed E-state index contributed by atoms with van der Waals surface area (Å²) in [6.07, 6.45) is 1.76. The highest BCUT2D eigenvalue weighted by molar-refractivity contribution is 6.32. The molecule has 3 nitrogen and oxygen atoms in total. The van der Waals surface area contributed by atoms with Gasteiger partial charge in [-0.1, -0.05) is 23.7 Å². The maximum Gasteiger partial charge on any atom is 0.146 e. The van der Waals surface area contributed by atoms with Crippen LogP contribution < -0.4 is 10.5 Å². The topological polar surface area (TPSA) is 48.1 Å². The molecule has 1 heterocycles. The second kappa shape index (κ2) is 5.49. The fourth-order valence-corrected chi connectivity index (χ4v) is 2.23. The van der Waals surface area contributed by atoms with Crippen LogP contribution in [-0.2, 0) is 6.54 Å². The Morgan fingerprint density at radius 3 is 2.80 bits per heavy atom. The first-order valence-corrected chi connectivity index (χ1v) is 6.65. The number of hydrogen-bond acceptors (Lipinski definition) is 3. The van der Waals surface area contributed by atoms with E-state index in [9.17, 15) is 0 Å². The van der Waals surface area contributed by atoms with E-state index in [-0.39, 0.29) is 0 Å². The molecule has 0 atom stereocenters. The number of hydrogen-bond donors (Lipinski definition) is 1. The zero-order valence-electron chi connectivity index (χ0n) is 10.7. The molecule has 0 radical (unpaired) electrons. The zero-order chi connectivity index (χ0) is 13.9. The molecular weight excluding hydrogens is 272 g/mol. The monoisotopic (exact) mass is 284 g/mol. The number of nitrogens with zero attached hydrogens (tertiary/aromatic N) is 1. The molecule has 0 saturated heterocycles. The largest absolute Gasteiger partial charge is 0.456 e. The van der Waals surface area contributed by atoms with Crippen molar-refractivity contribution < 1.29 is 4.74 Å². The molecule has 0 bridgehead atoms. The van der Waals surface area contributed by atoms with Crippen molar-refractivity contribution in [3.05, 3.63) is 65.3 Å². The fourth-order valence-electron chi connectivity index (χ4n) is 1.99. The van der Waals surface area contributed by atoms with Crippen LogP contribution in [0.5, 0.6) is 11.5 Å². The van der Waals surface area contributed by atoms with Crippen LogP contribution in [0.4, 0.5) is 0 Å². The first-order valence-electron chi connectivity index (χ1n) is 6.27. The Balaban J connectivity index is 1.92. The minimum absolute atomic E-state index is 0.458. The highest BCUT2D eigenvalue weighted by Crippen LogP contribution is 2.31. The average molecular weight is 285 g/mol. The molecule has 0 amide bonds. The van der Waals surface area contributed by atoms with Gasteiger partial charge in [0.05, 0.1) is 10.5 Å². The van der Waals surface area contributed by atoms with Crippen LogP contribution in [-0.4, -0.2) is 4.98 Å². The van der Waals surface area contributed by atoms with E-state index < -0.39 is 0 Å². The van der Waals surface area contributed by atoms with E-state index in [1.54, 1.807) is 6.20 Å². The van der Waals surface area contributed by atoms with Gasteiger partial charge in [0, 0.05) is 24.2 Å². The lowest BCUT2D eigenvalue weighted by molar-refractivity contribution is 0.483. The van der Waals surface area contributed by atoms with Gasteiger partial charge in [-0.2, -0.15) is 0 Å². The summed E-state index contributed by atoms with van der Waals surface area (Å²) < 4.78 is 5.80. The van der Waals surface area contributed by atoms with Crippen LogP contribution in [0.15, 0.2) is 54.7 Å². The standard InChI is InChI=1S/C16H13ClN2O/c17-14-8-11(10-18)3-6-16(14)20-13-5-4-12-2-1-7-19-15(12)9-13/h1-9H,10,18H2. The lowest BCUT2D eigenvalue weighted by atomic mass is 10.2. The van der Waals surface area contributed by atoms with E-state index in [0.29, 0.717) is 23.1 Å². The summed E-state index contributed by atoms with van der Waals surface area (Å²) >= 11 is 6.18. The lowest BCUT2D eigenvalue weighted by Gasteiger charge is -2.09. The van der Waals surface area contributed by atoms with Gasteiger partial charge in [-0.05, 0) is 35.9 Å². The van der Waals surface area contributed by atoms with Gasteiger partial charge < -0.3 is 10.5 Å². The van der Waals surface area contributed by atoms with Gasteiger partial charge in [0.2, 0.25) is 0 Å². The van der Waals surface area contributed by atoms with E-state index in [4.69, 9.17) is 22.1 Å². The summed E-state index contributed by atoms with van der Waals surface area (Å²) in [6.45, 7) is 0.458. The molecule has 0 fully saturated rings. The average Bonchev–Trinajstić information content (AvgIpc) is 2.49. The summed E-state index contributed by atoms with van der Waals surface area (Å²) in [7, 11) is 0. The second-order valence-corrected chi connectivity index (χ2v) is 4.84. The molecule has 100 valence electrons. The molecule has 0 unspecified atom stereocenters. The highest BCUT2D eigenvalue weighted by Gasteiger charge is 2.05. The number of benzene rings is 2. The van der Waals surface area contributed by atoms with E-state index in [0.717, 1.165) is 16.5 Å². The van der Waals surface area contributed by atoms with Gasteiger partial charge in [-0.25, -0.2) is 0 Å². The predicted molar refractivity (Wildman–Crippen MR) is 81.2 cm³/mol. The van der Waals surface area contributed by atoms with E-state index in [1.165, 1.54) is 0 Å². The molecule has 3 aromatic rings. The lowest BCUT2D eigenvalue weighted by Crippen LogP contribution is -1.96. The van der Waals surface area contributed by atoms with Crippen molar-refractivity contribution in [1.29, 1.82) is 0 Å². The normalized spacial score (nSPS) is 10.7. The second-order valence-electron chi connectivity index (χ2n) is 4.43. The Morgan fingerprint density at radius 2 is 2.00 bits per heavy atom. The van der Waals surface area contributed by atoms with E-state index in [1.807, 2.05) is 48.5 Å². The summed E-state index contributed by atoms with van der Waals surface area (Å²) in [4.78, 5) is 4.30. The first kappa shape index (κ1) is 12.9. The number of halogens is 1. The van der Waals surface area contributed by atoms with E-state index in [2.05, 4.69) is 4.98 Å². The molecule has 0 saturated carbocycles. The molecular formula is C16H13ClN2O. The van der Waals surface area contributed by atoms with Crippen LogP contribution in [0.25, 0.3) is 10.9 Å². The summed E-state index contributed by atoms with van der Waals surface area (Å²) in [5, 5.41) is 1.62. The predicted octanol–water partition coefficient (Wildman–Crippen LogP) is 4.14. The number of ether oxygens (including phenoxy) is 1. The molecule has 4 heteroatoms. The van der Waals surface area contributed by atoms with Crippen molar-refractivity contribution in [2.45, 2.75) is 6.54 Å². The van der Waals surface area contributed by atoms with Crippen LogP contribution >= 0.6 is 11.6 Å². The van der Waals surface area contributed by atoms with Crippen LogP contribution in [0, 0.1) is 0 Å². The third-order valence-corrected chi connectivity index (χ3v) is 3.33. The maximum absolute atomic E-state index is 6.18. The number of rotatable bonds is 3. The van der Waals surface area contributed by atoms with Gasteiger partial charge >= 0.3 is 0 Å². The first-order chi connectivity index (χ1) is 9.76. The quantitative estimate of drug-likeness (QED) is 0.786. The van der Waals surface area contributed by atoms with Crippen molar-refractivity contribution in [1.82, 2.24) is 4.98 Å². The highest BCUT2D eigenvalue weighted by atomic mass is 35.5. The number of aromatic nitrogens is 1. The molecule has 1 aromatic heterocycles. The minimum atomic E-state index is 0.458. The van der Waals surface area contributed by atoms with Crippen molar-refractivity contribution in [3.63, 3.8) is 0 Å². The number of pyridine rings is 1. The Morgan fingerprint density at radius 1 is 1.10 bits per heavy atom.